The molecule has 0 fully saturated rings. The molecule has 8 N–H and O–H groups in total. The first kappa shape index (κ1) is 27.7. The Morgan fingerprint density at radius 3 is 2.00 bits per heavy atom. The van der Waals surface area contributed by atoms with Gasteiger partial charge in [0.2, 0.25) is 23.6 Å². The molecule has 0 aliphatic carbocycles. The largest absolute Gasteiger partial charge is 0.480 e. The van der Waals surface area contributed by atoms with Crippen molar-refractivity contribution in [3.8, 4) is 0 Å². The van der Waals surface area contributed by atoms with Crippen LogP contribution in [0.25, 0.3) is 0 Å². The zero-order valence-electron chi connectivity index (χ0n) is 17.8. The van der Waals surface area contributed by atoms with Gasteiger partial charge in [-0.25, -0.2) is 4.79 Å². The highest BCUT2D eigenvalue weighted by atomic mass is 32.2. The van der Waals surface area contributed by atoms with Crippen LogP contribution < -0.4 is 27.4 Å². The van der Waals surface area contributed by atoms with Crippen molar-refractivity contribution in [3.05, 3.63) is 0 Å². The fourth-order valence-corrected chi connectivity index (χ4v) is 2.85. The van der Waals surface area contributed by atoms with E-state index in [0.29, 0.717) is 12.2 Å². The van der Waals surface area contributed by atoms with Gasteiger partial charge in [-0.05, 0) is 37.7 Å². The van der Waals surface area contributed by atoms with Crippen molar-refractivity contribution in [1.29, 1.82) is 0 Å². The first-order chi connectivity index (χ1) is 13.9. The molecule has 0 saturated carbocycles. The van der Waals surface area contributed by atoms with Gasteiger partial charge >= 0.3 is 5.97 Å². The molecule has 4 amide bonds. The summed E-state index contributed by atoms with van der Waals surface area (Å²) in [4.78, 5) is 59.2. The van der Waals surface area contributed by atoms with Gasteiger partial charge in [-0.1, -0.05) is 13.8 Å². The first-order valence-corrected chi connectivity index (χ1v) is 11.0. The Bertz CT molecular complexity index is 630. The molecule has 0 aromatic rings. The molecule has 0 rings (SSSR count). The maximum atomic E-state index is 12.6. The minimum atomic E-state index is -1.17. The summed E-state index contributed by atoms with van der Waals surface area (Å²) in [7, 11) is 0. The van der Waals surface area contributed by atoms with E-state index in [1.54, 1.807) is 13.8 Å². The Balaban J connectivity index is 5.00. The topological polar surface area (TPSA) is 194 Å². The lowest BCUT2D eigenvalue weighted by Crippen LogP contribution is -2.57. The van der Waals surface area contributed by atoms with Gasteiger partial charge < -0.3 is 32.5 Å². The Labute approximate surface area is 180 Å². The van der Waals surface area contributed by atoms with Crippen LogP contribution in [-0.4, -0.2) is 70.9 Å². The van der Waals surface area contributed by atoms with E-state index in [-0.39, 0.29) is 18.8 Å². The summed E-state index contributed by atoms with van der Waals surface area (Å²) >= 11 is 1.47. The molecule has 172 valence electrons. The lowest BCUT2D eigenvalue weighted by Gasteiger charge is -2.24. The summed E-state index contributed by atoms with van der Waals surface area (Å²) in [6.07, 6.45) is 2.11. The zero-order valence-corrected chi connectivity index (χ0v) is 18.6. The second-order valence-corrected chi connectivity index (χ2v) is 8.24. The number of primary amides is 1. The highest BCUT2D eigenvalue weighted by Crippen LogP contribution is 2.05. The van der Waals surface area contributed by atoms with E-state index in [1.807, 2.05) is 6.26 Å². The molecular weight excluding hydrogens is 414 g/mol. The zero-order chi connectivity index (χ0) is 23.4. The number of hydrogen-bond donors (Lipinski definition) is 6. The van der Waals surface area contributed by atoms with Crippen LogP contribution >= 0.6 is 11.8 Å². The first-order valence-electron chi connectivity index (χ1n) is 9.57. The number of nitrogens with two attached hydrogens (primary N) is 2. The number of rotatable bonds is 14. The minimum absolute atomic E-state index is 0.0443. The van der Waals surface area contributed by atoms with E-state index in [4.69, 9.17) is 11.5 Å². The number of aliphatic carboxylic acids is 1. The molecule has 4 atom stereocenters. The third-order valence-electron chi connectivity index (χ3n) is 4.26. The van der Waals surface area contributed by atoms with Gasteiger partial charge in [-0.15, -0.1) is 0 Å². The van der Waals surface area contributed by atoms with Gasteiger partial charge in [-0.3, -0.25) is 19.2 Å². The average molecular weight is 448 g/mol. The maximum absolute atomic E-state index is 12.6. The van der Waals surface area contributed by atoms with Gasteiger partial charge in [-0.2, -0.15) is 11.8 Å². The Morgan fingerprint density at radius 1 is 0.933 bits per heavy atom. The number of carbonyl (C=O) groups is 5. The molecule has 11 nitrogen and oxygen atoms in total. The molecule has 0 aromatic heterocycles. The molecular formula is C18H33N5O6S. The van der Waals surface area contributed by atoms with Crippen molar-refractivity contribution in [2.75, 3.05) is 12.0 Å². The Hall–Kier alpha value is -2.34. The number of carboxylic acid groups (broad SMARTS) is 1. The fourth-order valence-electron chi connectivity index (χ4n) is 2.38. The summed E-state index contributed by atoms with van der Waals surface area (Å²) < 4.78 is 0. The molecule has 0 aliphatic heterocycles. The summed E-state index contributed by atoms with van der Waals surface area (Å²) in [5, 5.41) is 16.6. The predicted molar refractivity (Wildman–Crippen MR) is 113 cm³/mol. The van der Waals surface area contributed by atoms with Crippen LogP contribution in [0.3, 0.4) is 0 Å². The lowest BCUT2D eigenvalue weighted by atomic mass is 10.0. The van der Waals surface area contributed by atoms with Crippen LogP contribution in [0.1, 0.15) is 40.0 Å². The number of nitrogens with one attached hydrogen (secondary N) is 3. The van der Waals surface area contributed by atoms with Crippen molar-refractivity contribution < 1.29 is 29.1 Å². The van der Waals surface area contributed by atoms with Crippen molar-refractivity contribution in [1.82, 2.24) is 16.0 Å². The van der Waals surface area contributed by atoms with E-state index in [0.717, 1.165) is 0 Å². The van der Waals surface area contributed by atoms with Crippen molar-refractivity contribution in [2.24, 2.45) is 17.4 Å². The maximum Gasteiger partial charge on any atom is 0.326 e. The number of thioether (sulfide) groups is 1. The van der Waals surface area contributed by atoms with Crippen molar-refractivity contribution in [3.63, 3.8) is 0 Å². The van der Waals surface area contributed by atoms with Gasteiger partial charge in [0.1, 0.15) is 18.1 Å². The fraction of sp³-hybridized carbons (Fsp3) is 0.722. The number of amides is 4. The number of hydrogen-bond acceptors (Lipinski definition) is 7. The smallest absolute Gasteiger partial charge is 0.326 e. The second-order valence-electron chi connectivity index (χ2n) is 7.25. The molecule has 30 heavy (non-hydrogen) atoms. The number of carbonyl (C=O) groups excluding carboxylic acids is 4. The van der Waals surface area contributed by atoms with E-state index >= 15 is 0 Å². The summed E-state index contributed by atoms with van der Waals surface area (Å²) in [6, 6.07) is -4.06. The lowest BCUT2D eigenvalue weighted by molar-refractivity contribution is -0.143. The van der Waals surface area contributed by atoms with E-state index in [9.17, 15) is 29.1 Å². The van der Waals surface area contributed by atoms with E-state index in [2.05, 4.69) is 16.0 Å². The monoisotopic (exact) mass is 447 g/mol. The van der Waals surface area contributed by atoms with Gasteiger partial charge in [0.15, 0.2) is 0 Å². The molecule has 0 bridgehead atoms. The van der Waals surface area contributed by atoms with Gasteiger partial charge in [0, 0.05) is 6.42 Å². The Kier molecular flexibility index (Phi) is 12.7. The van der Waals surface area contributed by atoms with Crippen LogP contribution in [0.4, 0.5) is 0 Å². The highest BCUT2D eigenvalue weighted by Gasteiger charge is 2.29. The van der Waals surface area contributed by atoms with Crippen LogP contribution in [0.2, 0.25) is 0 Å². The molecule has 12 heteroatoms. The van der Waals surface area contributed by atoms with Crippen molar-refractivity contribution >= 4 is 41.4 Å². The molecule has 0 aromatic carbocycles. The Morgan fingerprint density at radius 2 is 1.53 bits per heavy atom. The SMILES string of the molecule is CSCCC(NC(=O)C(N)CCC(N)=O)C(=O)NC(C)C(=O)NC(C(=O)O)C(C)C. The van der Waals surface area contributed by atoms with Crippen LogP contribution in [0.5, 0.6) is 0 Å². The molecule has 4 unspecified atom stereocenters. The van der Waals surface area contributed by atoms with Crippen molar-refractivity contribution in [2.45, 2.75) is 64.2 Å². The van der Waals surface area contributed by atoms with E-state index in [1.165, 1.54) is 18.7 Å². The van der Waals surface area contributed by atoms with Gasteiger partial charge in [0.05, 0.1) is 6.04 Å². The molecule has 0 spiro atoms. The third-order valence-corrected chi connectivity index (χ3v) is 4.91. The molecule has 0 aliphatic rings. The molecule has 0 radical (unpaired) electrons. The molecule has 0 saturated heterocycles. The number of carboxylic acids is 1. The normalized spacial score (nSPS) is 14.9. The van der Waals surface area contributed by atoms with Crippen LogP contribution in [0.15, 0.2) is 0 Å². The second kappa shape index (κ2) is 13.8. The van der Waals surface area contributed by atoms with Crippen LogP contribution in [-0.2, 0) is 24.0 Å². The third kappa shape index (κ3) is 10.4. The standard InChI is InChI=1S/C18H33N5O6S/c1-9(2)14(18(28)29)23-15(25)10(3)21-17(27)12(7-8-30-4)22-16(26)11(19)5-6-13(20)24/h9-12,14H,5-8,19H2,1-4H3,(H2,20,24)(H,21,27)(H,22,26)(H,23,25)(H,28,29). The minimum Gasteiger partial charge on any atom is -0.480 e. The average Bonchev–Trinajstić information content (AvgIpc) is 2.65. The summed E-state index contributed by atoms with van der Waals surface area (Å²) in [5.74, 6) is -3.41. The quantitative estimate of drug-likeness (QED) is 0.186. The predicted octanol–water partition coefficient (Wildman–Crippen LogP) is -1.45. The summed E-state index contributed by atoms with van der Waals surface area (Å²) in [6.45, 7) is 4.72. The van der Waals surface area contributed by atoms with E-state index < -0.39 is 53.8 Å². The molecule has 0 heterocycles. The highest BCUT2D eigenvalue weighted by molar-refractivity contribution is 7.98. The van der Waals surface area contributed by atoms with Gasteiger partial charge in [0.25, 0.3) is 0 Å². The van der Waals surface area contributed by atoms with Crippen LogP contribution in [0, 0.1) is 5.92 Å². The summed E-state index contributed by atoms with van der Waals surface area (Å²) in [5.41, 5.74) is 10.8.